The fraction of sp³-hybridized carbons (Fsp3) is 0.636. The van der Waals surface area contributed by atoms with Gasteiger partial charge >= 0.3 is 6.03 Å². The summed E-state index contributed by atoms with van der Waals surface area (Å²) in [6.07, 6.45) is 5.46. The molecular formula is C11H19N3O. The third-order valence-electron chi connectivity index (χ3n) is 2.21. The van der Waals surface area contributed by atoms with Gasteiger partial charge in [0.15, 0.2) is 0 Å². The molecule has 0 aliphatic carbocycles. The maximum atomic E-state index is 11.7. The Labute approximate surface area is 90.7 Å². The molecule has 0 aliphatic heterocycles. The first kappa shape index (κ1) is 11.8. The zero-order chi connectivity index (χ0) is 11.3. The summed E-state index contributed by atoms with van der Waals surface area (Å²) in [4.78, 5) is 15.9. The van der Waals surface area contributed by atoms with Crippen LogP contribution in [0.1, 0.15) is 45.4 Å². The molecule has 15 heavy (non-hydrogen) atoms. The van der Waals surface area contributed by atoms with Crippen molar-refractivity contribution in [2.45, 2.75) is 39.5 Å². The molecule has 0 saturated carbocycles. The maximum absolute atomic E-state index is 11.7. The van der Waals surface area contributed by atoms with Crippen LogP contribution in [0.4, 0.5) is 4.79 Å². The summed E-state index contributed by atoms with van der Waals surface area (Å²) in [5.41, 5.74) is 0. The van der Waals surface area contributed by atoms with Crippen LogP contribution >= 0.6 is 0 Å². The van der Waals surface area contributed by atoms with Crippen LogP contribution in [0, 0.1) is 0 Å². The molecule has 1 heterocycles. The van der Waals surface area contributed by atoms with Crippen LogP contribution in [-0.4, -0.2) is 22.1 Å². The summed E-state index contributed by atoms with van der Waals surface area (Å²) < 4.78 is 1.58. The minimum atomic E-state index is -0.0790. The highest BCUT2D eigenvalue weighted by Crippen LogP contribution is 2.10. The number of imidazole rings is 1. The van der Waals surface area contributed by atoms with E-state index in [2.05, 4.69) is 17.2 Å². The Morgan fingerprint density at radius 3 is 2.93 bits per heavy atom. The quantitative estimate of drug-likeness (QED) is 0.774. The Morgan fingerprint density at radius 1 is 1.60 bits per heavy atom. The van der Waals surface area contributed by atoms with Crippen molar-refractivity contribution in [2.75, 3.05) is 6.54 Å². The number of carbonyl (C=O) groups is 1. The molecule has 0 unspecified atom stereocenters. The van der Waals surface area contributed by atoms with Gasteiger partial charge in [0.2, 0.25) is 0 Å². The Bertz CT molecular complexity index is 317. The van der Waals surface area contributed by atoms with Gasteiger partial charge in [-0.15, -0.1) is 0 Å². The van der Waals surface area contributed by atoms with E-state index in [1.54, 1.807) is 17.0 Å². The third kappa shape index (κ3) is 3.08. The molecule has 0 spiro atoms. The third-order valence-corrected chi connectivity index (χ3v) is 2.21. The summed E-state index contributed by atoms with van der Waals surface area (Å²) in [5, 5.41) is 2.87. The molecule has 0 atom stereocenters. The number of hydrogen-bond acceptors (Lipinski definition) is 2. The average Bonchev–Trinajstić information content (AvgIpc) is 2.66. The highest BCUT2D eigenvalue weighted by Gasteiger charge is 2.12. The molecule has 0 saturated heterocycles. The molecule has 1 amide bonds. The Hall–Kier alpha value is -1.32. The van der Waals surface area contributed by atoms with E-state index in [1.165, 1.54) is 0 Å². The van der Waals surface area contributed by atoms with Crippen LogP contribution in [0.2, 0.25) is 0 Å². The van der Waals surface area contributed by atoms with E-state index in [4.69, 9.17) is 0 Å². The molecule has 1 aromatic heterocycles. The van der Waals surface area contributed by atoms with E-state index in [1.807, 2.05) is 13.8 Å². The van der Waals surface area contributed by atoms with Crippen molar-refractivity contribution in [3.63, 3.8) is 0 Å². The number of hydrogen-bond donors (Lipinski definition) is 1. The second-order valence-corrected chi connectivity index (χ2v) is 3.90. The van der Waals surface area contributed by atoms with Crippen molar-refractivity contribution in [2.24, 2.45) is 0 Å². The lowest BCUT2D eigenvalue weighted by Gasteiger charge is -2.09. The lowest BCUT2D eigenvalue weighted by molar-refractivity contribution is 0.241. The Kier molecular flexibility index (Phi) is 4.34. The van der Waals surface area contributed by atoms with E-state index >= 15 is 0 Å². The summed E-state index contributed by atoms with van der Waals surface area (Å²) >= 11 is 0. The fourth-order valence-corrected chi connectivity index (χ4v) is 1.37. The van der Waals surface area contributed by atoms with Gasteiger partial charge in [-0.2, -0.15) is 0 Å². The van der Waals surface area contributed by atoms with Crippen LogP contribution in [0.25, 0.3) is 0 Å². The standard InChI is InChI=1S/C11H19N3O/c1-4-5-6-13-11(15)14-8-7-12-10(14)9(2)3/h7-9H,4-6H2,1-3H3,(H,13,15). The molecule has 1 N–H and O–H groups in total. The number of aromatic nitrogens is 2. The lowest BCUT2D eigenvalue weighted by Crippen LogP contribution is -2.30. The highest BCUT2D eigenvalue weighted by molar-refractivity contribution is 5.77. The first-order valence-electron chi connectivity index (χ1n) is 5.48. The minimum absolute atomic E-state index is 0.0790. The molecule has 4 nitrogen and oxygen atoms in total. The monoisotopic (exact) mass is 209 g/mol. The van der Waals surface area contributed by atoms with Crippen molar-refractivity contribution in [3.8, 4) is 0 Å². The van der Waals surface area contributed by atoms with E-state index in [0.717, 1.165) is 25.2 Å². The zero-order valence-electron chi connectivity index (χ0n) is 9.66. The fourth-order valence-electron chi connectivity index (χ4n) is 1.37. The summed E-state index contributed by atoms with van der Waals surface area (Å²) in [7, 11) is 0. The van der Waals surface area contributed by atoms with Crippen molar-refractivity contribution in [1.82, 2.24) is 14.9 Å². The van der Waals surface area contributed by atoms with Crippen LogP contribution < -0.4 is 5.32 Å². The van der Waals surface area contributed by atoms with Gasteiger partial charge in [0.1, 0.15) is 5.82 Å². The summed E-state index contributed by atoms with van der Waals surface area (Å²) in [5.74, 6) is 1.07. The van der Waals surface area contributed by atoms with E-state index in [0.29, 0.717) is 0 Å². The van der Waals surface area contributed by atoms with Gasteiger partial charge in [-0.3, -0.25) is 4.57 Å². The Balaban J connectivity index is 2.61. The second kappa shape index (κ2) is 5.53. The first-order valence-corrected chi connectivity index (χ1v) is 5.48. The number of carbonyl (C=O) groups excluding carboxylic acids is 1. The minimum Gasteiger partial charge on any atom is -0.337 e. The molecular weight excluding hydrogens is 190 g/mol. The number of unbranched alkanes of at least 4 members (excludes halogenated alkanes) is 1. The Morgan fingerprint density at radius 2 is 2.33 bits per heavy atom. The molecule has 1 rings (SSSR count). The van der Waals surface area contributed by atoms with E-state index < -0.39 is 0 Å². The van der Waals surface area contributed by atoms with Crippen LogP contribution in [0.5, 0.6) is 0 Å². The number of amides is 1. The smallest absolute Gasteiger partial charge is 0.327 e. The van der Waals surface area contributed by atoms with E-state index in [9.17, 15) is 4.79 Å². The van der Waals surface area contributed by atoms with Gasteiger partial charge in [0.25, 0.3) is 0 Å². The van der Waals surface area contributed by atoms with Gasteiger partial charge < -0.3 is 5.32 Å². The van der Waals surface area contributed by atoms with Gasteiger partial charge in [0, 0.05) is 24.9 Å². The highest BCUT2D eigenvalue weighted by atomic mass is 16.2. The first-order chi connectivity index (χ1) is 7.16. The average molecular weight is 209 g/mol. The largest absolute Gasteiger partial charge is 0.337 e. The van der Waals surface area contributed by atoms with Gasteiger partial charge in [-0.1, -0.05) is 27.2 Å². The van der Waals surface area contributed by atoms with Crippen LogP contribution in [0.3, 0.4) is 0 Å². The van der Waals surface area contributed by atoms with Crippen molar-refractivity contribution in [3.05, 3.63) is 18.2 Å². The molecule has 0 aromatic carbocycles. The van der Waals surface area contributed by atoms with Gasteiger partial charge in [-0.05, 0) is 6.42 Å². The van der Waals surface area contributed by atoms with E-state index in [-0.39, 0.29) is 11.9 Å². The molecule has 1 aromatic rings. The topological polar surface area (TPSA) is 46.9 Å². The molecule has 0 aliphatic rings. The zero-order valence-corrected chi connectivity index (χ0v) is 9.66. The predicted octanol–water partition coefficient (Wildman–Crippen LogP) is 2.36. The van der Waals surface area contributed by atoms with Gasteiger partial charge in [0.05, 0.1) is 0 Å². The molecule has 84 valence electrons. The lowest BCUT2D eigenvalue weighted by atomic mass is 10.2. The molecule has 0 fully saturated rings. The van der Waals surface area contributed by atoms with Gasteiger partial charge in [-0.25, -0.2) is 9.78 Å². The van der Waals surface area contributed by atoms with Crippen molar-refractivity contribution >= 4 is 6.03 Å². The van der Waals surface area contributed by atoms with Crippen molar-refractivity contribution in [1.29, 1.82) is 0 Å². The van der Waals surface area contributed by atoms with Crippen LogP contribution in [0.15, 0.2) is 12.4 Å². The second-order valence-electron chi connectivity index (χ2n) is 3.90. The molecule has 4 heteroatoms. The van der Waals surface area contributed by atoms with Crippen LogP contribution in [-0.2, 0) is 0 Å². The molecule has 0 radical (unpaired) electrons. The SMILES string of the molecule is CCCCNC(=O)n1ccnc1C(C)C. The summed E-state index contributed by atoms with van der Waals surface area (Å²) in [6, 6.07) is -0.0790. The normalized spacial score (nSPS) is 10.7. The number of rotatable bonds is 4. The number of nitrogens with zero attached hydrogens (tertiary/aromatic N) is 2. The number of nitrogens with one attached hydrogen (secondary N) is 1. The predicted molar refractivity (Wildman–Crippen MR) is 60.0 cm³/mol. The van der Waals surface area contributed by atoms with Crippen molar-refractivity contribution < 1.29 is 4.79 Å². The summed E-state index contributed by atoms with van der Waals surface area (Å²) in [6.45, 7) is 6.88. The maximum Gasteiger partial charge on any atom is 0.327 e. The molecule has 0 bridgehead atoms.